The number of hydrogen-bond acceptors (Lipinski definition) is 8. The standard InChI is InChI=1S/C24H26N2O7/c27-20(17-1-7-21-22(15-17)32-14-13-31-21)6-8-24(29)33-16-23(28)25-18-2-4-19(5-3-18)26-9-11-30-12-10-26/h1-5,7,15H,6,8-14,16H2,(H,25,28). The van der Waals surface area contributed by atoms with E-state index in [0.29, 0.717) is 49.2 Å². The van der Waals surface area contributed by atoms with Gasteiger partial charge in [0.05, 0.1) is 19.6 Å². The lowest BCUT2D eigenvalue weighted by Crippen LogP contribution is -2.36. The second kappa shape index (κ2) is 10.8. The summed E-state index contributed by atoms with van der Waals surface area (Å²) in [6.45, 7) is 3.55. The number of morpholine rings is 1. The first-order valence-electron chi connectivity index (χ1n) is 10.9. The van der Waals surface area contributed by atoms with E-state index in [-0.39, 0.29) is 18.6 Å². The first kappa shape index (κ1) is 22.6. The average molecular weight is 454 g/mol. The third-order valence-corrected chi connectivity index (χ3v) is 5.31. The van der Waals surface area contributed by atoms with Gasteiger partial charge >= 0.3 is 5.97 Å². The lowest BCUT2D eigenvalue weighted by molar-refractivity contribution is -0.147. The van der Waals surface area contributed by atoms with Crippen LogP contribution in [0.3, 0.4) is 0 Å². The van der Waals surface area contributed by atoms with Crippen molar-refractivity contribution < 1.29 is 33.3 Å². The Morgan fingerprint density at radius 3 is 2.36 bits per heavy atom. The summed E-state index contributed by atoms with van der Waals surface area (Å²) in [5.41, 5.74) is 2.11. The van der Waals surface area contributed by atoms with E-state index in [1.807, 2.05) is 12.1 Å². The van der Waals surface area contributed by atoms with Crippen molar-refractivity contribution in [2.24, 2.45) is 0 Å². The molecule has 9 heteroatoms. The molecule has 2 aliphatic rings. The molecule has 0 aliphatic carbocycles. The Bertz CT molecular complexity index is 1000. The van der Waals surface area contributed by atoms with Gasteiger partial charge in [-0.05, 0) is 42.5 Å². The van der Waals surface area contributed by atoms with Gasteiger partial charge in [-0.15, -0.1) is 0 Å². The predicted octanol–water partition coefficient (Wildman–Crippen LogP) is 2.44. The van der Waals surface area contributed by atoms with Gasteiger partial charge in [-0.1, -0.05) is 0 Å². The molecule has 1 fully saturated rings. The maximum Gasteiger partial charge on any atom is 0.306 e. The predicted molar refractivity (Wildman–Crippen MR) is 120 cm³/mol. The summed E-state index contributed by atoms with van der Waals surface area (Å²) in [5.74, 6) is -0.156. The van der Waals surface area contributed by atoms with Gasteiger partial charge in [-0.2, -0.15) is 0 Å². The number of nitrogens with one attached hydrogen (secondary N) is 1. The molecule has 2 heterocycles. The van der Waals surface area contributed by atoms with E-state index in [1.165, 1.54) is 0 Å². The highest BCUT2D eigenvalue weighted by atomic mass is 16.6. The number of hydrogen-bond donors (Lipinski definition) is 1. The molecule has 1 N–H and O–H groups in total. The number of carbonyl (C=O) groups excluding carboxylic acids is 3. The van der Waals surface area contributed by atoms with Crippen LogP contribution >= 0.6 is 0 Å². The normalized spacial score (nSPS) is 15.0. The van der Waals surface area contributed by atoms with Gasteiger partial charge in [-0.3, -0.25) is 14.4 Å². The molecule has 2 aromatic rings. The Balaban J connectivity index is 1.18. The van der Waals surface area contributed by atoms with Gasteiger partial charge in [0.25, 0.3) is 5.91 Å². The average Bonchev–Trinajstić information content (AvgIpc) is 2.86. The van der Waals surface area contributed by atoms with Gasteiger partial charge in [0.2, 0.25) is 0 Å². The van der Waals surface area contributed by atoms with E-state index < -0.39 is 18.5 Å². The monoisotopic (exact) mass is 454 g/mol. The van der Waals surface area contributed by atoms with Crippen LogP contribution in [0.5, 0.6) is 11.5 Å². The van der Waals surface area contributed by atoms with Gasteiger partial charge in [0.1, 0.15) is 13.2 Å². The molecule has 2 aromatic carbocycles. The summed E-state index contributed by atoms with van der Waals surface area (Å²) in [6.07, 6.45) is -0.141. The van der Waals surface area contributed by atoms with Crippen molar-refractivity contribution in [2.45, 2.75) is 12.8 Å². The molecule has 0 saturated carbocycles. The molecule has 4 rings (SSSR count). The topological polar surface area (TPSA) is 103 Å². The van der Waals surface area contributed by atoms with Gasteiger partial charge in [0, 0.05) is 36.4 Å². The maximum absolute atomic E-state index is 12.4. The molecule has 33 heavy (non-hydrogen) atoms. The lowest BCUT2D eigenvalue weighted by Gasteiger charge is -2.28. The molecule has 2 aliphatic heterocycles. The molecule has 0 spiro atoms. The highest BCUT2D eigenvalue weighted by molar-refractivity contribution is 5.98. The first-order valence-corrected chi connectivity index (χ1v) is 10.9. The number of benzene rings is 2. The summed E-state index contributed by atoms with van der Waals surface area (Å²) in [4.78, 5) is 38.6. The van der Waals surface area contributed by atoms with Crippen LogP contribution in [0, 0.1) is 0 Å². The first-order chi connectivity index (χ1) is 16.1. The van der Waals surface area contributed by atoms with Gasteiger partial charge < -0.3 is 29.2 Å². The minimum atomic E-state index is -0.612. The summed E-state index contributed by atoms with van der Waals surface area (Å²) in [7, 11) is 0. The van der Waals surface area contributed by atoms with Gasteiger partial charge in [-0.25, -0.2) is 0 Å². The third-order valence-electron chi connectivity index (χ3n) is 5.31. The van der Waals surface area contributed by atoms with Crippen LogP contribution in [0.2, 0.25) is 0 Å². The summed E-state index contributed by atoms with van der Waals surface area (Å²) in [5, 5.41) is 2.70. The molecule has 0 bridgehead atoms. The van der Waals surface area contributed by atoms with Crippen molar-refractivity contribution in [2.75, 3.05) is 56.3 Å². The fraction of sp³-hybridized carbons (Fsp3) is 0.375. The highest BCUT2D eigenvalue weighted by Gasteiger charge is 2.17. The summed E-state index contributed by atoms with van der Waals surface area (Å²) < 4.78 is 21.3. The Labute approximate surface area is 191 Å². The molecular formula is C24H26N2O7. The molecule has 0 radical (unpaired) electrons. The van der Waals surface area contributed by atoms with Crippen molar-refractivity contribution in [3.63, 3.8) is 0 Å². The van der Waals surface area contributed by atoms with Crippen molar-refractivity contribution in [1.82, 2.24) is 0 Å². The molecule has 9 nitrogen and oxygen atoms in total. The second-order valence-corrected chi connectivity index (χ2v) is 7.64. The van der Waals surface area contributed by atoms with Crippen LogP contribution in [0.15, 0.2) is 42.5 Å². The van der Waals surface area contributed by atoms with E-state index in [1.54, 1.807) is 30.3 Å². The zero-order valence-electron chi connectivity index (χ0n) is 18.2. The summed E-state index contributed by atoms with van der Waals surface area (Å²) in [6, 6.07) is 12.4. The quantitative estimate of drug-likeness (QED) is 0.479. The fourth-order valence-corrected chi connectivity index (χ4v) is 3.57. The Morgan fingerprint density at radius 1 is 0.879 bits per heavy atom. The SMILES string of the molecule is O=C(COC(=O)CCC(=O)c1ccc2c(c1)OCCO2)Nc1ccc(N2CCOCC2)cc1. The number of amides is 1. The van der Waals surface area contributed by atoms with Crippen LogP contribution in [0.1, 0.15) is 23.2 Å². The summed E-state index contributed by atoms with van der Waals surface area (Å²) >= 11 is 0. The van der Waals surface area contributed by atoms with Crippen molar-refractivity contribution >= 4 is 29.0 Å². The Hall–Kier alpha value is -3.59. The number of Topliss-reactive ketones (excluding diaryl/α,β-unsaturated/α-hetero) is 1. The molecule has 0 atom stereocenters. The number of anilines is 2. The number of rotatable bonds is 8. The Morgan fingerprint density at radius 2 is 1.61 bits per heavy atom. The number of esters is 1. The number of nitrogens with zero attached hydrogens (tertiary/aromatic N) is 1. The second-order valence-electron chi connectivity index (χ2n) is 7.64. The van der Waals surface area contributed by atoms with E-state index in [0.717, 1.165) is 18.8 Å². The lowest BCUT2D eigenvalue weighted by atomic mass is 10.1. The van der Waals surface area contributed by atoms with Crippen molar-refractivity contribution in [3.05, 3.63) is 48.0 Å². The zero-order valence-corrected chi connectivity index (χ0v) is 18.2. The number of ether oxygens (including phenoxy) is 4. The maximum atomic E-state index is 12.4. The van der Waals surface area contributed by atoms with E-state index in [4.69, 9.17) is 18.9 Å². The van der Waals surface area contributed by atoms with Crippen molar-refractivity contribution in [3.8, 4) is 11.5 Å². The Kier molecular flexibility index (Phi) is 7.41. The highest BCUT2D eigenvalue weighted by Crippen LogP contribution is 2.31. The minimum absolute atomic E-state index is 0.0247. The smallest absolute Gasteiger partial charge is 0.306 e. The number of carbonyl (C=O) groups is 3. The molecular weight excluding hydrogens is 428 g/mol. The van der Waals surface area contributed by atoms with Gasteiger partial charge in [0.15, 0.2) is 23.9 Å². The van der Waals surface area contributed by atoms with Crippen molar-refractivity contribution in [1.29, 1.82) is 0 Å². The minimum Gasteiger partial charge on any atom is -0.486 e. The number of ketones is 1. The van der Waals surface area contributed by atoms with Crippen LogP contribution in [-0.4, -0.2) is 63.8 Å². The molecule has 0 unspecified atom stereocenters. The third kappa shape index (κ3) is 6.23. The van der Waals surface area contributed by atoms with Crippen LogP contribution in [0.4, 0.5) is 11.4 Å². The number of fused-ring (bicyclic) bond motifs is 1. The molecule has 0 aromatic heterocycles. The zero-order chi connectivity index (χ0) is 23.0. The van der Waals surface area contributed by atoms with E-state index in [9.17, 15) is 14.4 Å². The van der Waals surface area contributed by atoms with Crippen LogP contribution < -0.4 is 19.7 Å². The molecule has 1 saturated heterocycles. The fourth-order valence-electron chi connectivity index (χ4n) is 3.57. The van der Waals surface area contributed by atoms with E-state index >= 15 is 0 Å². The molecule has 1 amide bonds. The van der Waals surface area contributed by atoms with Crippen LogP contribution in [0.25, 0.3) is 0 Å². The van der Waals surface area contributed by atoms with E-state index in [2.05, 4.69) is 10.2 Å². The largest absolute Gasteiger partial charge is 0.486 e. The van der Waals surface area contributed by atoms with Crippen LogP contribution in [-0.2, 0) is 19.1 Å². The molecule has 174 valence electrons.